The van der Waals surface area contributed by atoms with Gasteiger partial charge < -0.3 is 10.5 Å². The number of ether oxygens (including phenoxy) is 1. The highest BCUT2D eigenvalue weighted by Gasteiger charge is 2.12. The molecule has 0 aromatic heterocycles. The smallest absolute Gasteiger partial charge is 0.325 e. The van der Waals surface area contributed by atoms with Gasteiger partial charge in [-0.25, -0.2) is 0 Å². The number of carbonyl (C=O) groups excluding carboxylic acids is 1. The van der Waals surface area contributed by atoms with Crippen LogP contribution in [0.15, 0.2) is 0 Å². The first kappa shape index (κ1) is 8.68. The molecular weight excluding hydrogens is 146 g/mol. The third-order valence-electron chi connectivity index (χ3n) is 0.746. The van der Waals surface area contributed by atoms with Gasteiger partial charge in [0, 0.05) is 0 Å². The zero-order valence-electron chi connectivity index (χ0n) is 4.96. The Kier molecular flexibility index (Phi) is 4.39. The van der Waals surface area contributed by atoms with Crippen LogP contribution in [0.3, 0.4) is 0 Å². The average Bonchev–Trinajstić information content (AvgIpc) is 1.87. The normalized spacial score (nSPS) is 12.8. The summed E-state index contributed by atoms with van der Waals surface area (Å²) in [7, 11) is 1.25. The van der Waals surface area contributed by atoms with E-state index in [4.69, 9.17) is 17.6 Å². The lowest BCUT2D eigenvalue weighted by Crippen LogP contribution is -2.35. The predicted molar refractivity (Wildman–Crippen MR) is 31.8 cm³/mol. The quantitative estimate of drug-likeness (QED) is 0.564. The zero-order chi connectivity index (χ0) is 7.28. The van der Waals surface area contributed by atoms with E-state index in [1.54, 1.807) is 0 Å². The molecule has 0 aromatic rings. The first-order valence-corrected chi connectivity index (χ1v) is 2.60. The lowest BCUT2D eigenvalue weighted by molar-refractivity contribution is -0.142. The molecule has 0 aliphatic rings. The number of rotatable bonds is 3. The topological polar surface area (TPSA) is 61.5 Å². The van der Waals surface area contributed by atoms with Crippen LogP contribution >= 0.6 is 11.9 Å². The van der Waals surface area contributed by atoms with Gasteiger partial charge in [0.25, 0.3) is 0 Å². The standard InChI is InChI=1S/C4H8ClNO3/c1-8-4(7)3(6)2-9-5/h3H,2,6H2,1H3/t3-/m0/s1. The van der Waals surface area contributed by atoms with Gasteiger partial charge in [0.05, 0.1) is 25.6 Å². The van der Waals surface area contributed by atoms with E-state index in [0.29, 0.717) is 0 Å². The molecule has 5 heteroatoms. The molecule has 0 aromatic carbocycles. The first-order valence-electron chi connectivity index (χ1n) is 2.29. The Morgan fingerprint density at radius 3 is 2.78 bits per heavy atom. The largest absolute Gasteiger partial charge is 0.468 e. The van der Waals surface area contributed by atoms with Gasteiger partial charge in [-0.2, -0.15) is 0 Å². The predicted octanol–water partition coefficient (Wildman–Crippen LogP) is -0.343. The molecule has 0 aliphatic carbocycles. The second-order valence-corrected chi connectivity index (χ2v) is 1.62. The lowest BCUT2D eigenvalue weighted by Gasteiger charge is -2.04. The van der Waals surface area contributed by atoms with E-state index in [0.717, 1.165) is 0 Å². The summed E-state index contributed by atoms with van der Waals surface area (Å²) < 4.78 is 8.33. The molecule has 0 heterocycles. The second-order valence-electron chi connectivity index (χ2n) is 1.41. The third-order valence-corrected chi connectivity index (χ3v) is 0.872. The van der Waals surface area contributed by atoms with Crippen molar-refractivity contribution in [2.45, 2.75) is 6.04 Å². The van der Waals surface area contributed by atoms with Crippen LogP contribution in [0, 0.1) is 0 Å². The molecule has 4 nitrogen and oxygen atoms in total. The fourth-order valence-electron chi connectivity index (χ4n) is 0.287. The van der Waals surface area contributed by atoms with Crippen LogP contribution in [0.5, 0.6) is 0 Å². The highest BCUT2D eigenvalue weighted by atomic mass is 35.5. The molecular formula is C4H8ClNO3. The Balaban J connectivity index is 3.45. The molecule has 0 saturated heterocycles. The lowest BCUT2D eigenvalue weighted by atomic mass is 10.3. The van der Waals surface area contributed by atoms with Crippen LogP contribution in [-0.2, 0) is 13.8 Å². The number of methoxy groups -OCH3 is 1. The highest BCUT2D eigenvalue weighted by Crippen LogP contribution is 1.86. The molecule has 0 unspecified atom stereocenters. The average molecular weight is 154 g/mol. The minimum Gasteiger partial charge on any atom is -0.468 e. The maximum atomic E-state index is 10.4. The second kappa shape index (κ2) is 4.55. The van der Waals surface area contributed by atoms with Gasteiger partial charge >= 0.3 is 5.97 Å². The van der Waals surface area contributed by atoms with Crippen LogP contribution in [0.2, 0.25) is 0 Å². The summed E-state index contributed by atoms with van der Waals surface area (Å²) >= 11 is 4.81. The molecule has 0 fully saturated rings. The van der Waals surface area contributed by atoms with Crippen molar-refractivity contribution in [3.05, 3.63) is 0 Å². The number of hydrogen-bond acceptors (Lipinski definition) is 4. The molecule has 0 amide bonds. The summed E-state index contributed by atoms with van der Waals surface area (Å²) in [5, 5.41) is 0. The van der Waals surface area contributed by atoms with Gasteiger partial charge in [0.2, 0.25) is 0 Å². The van der Waals surface area contributed by atoms with Crippen LogP contribution in [0.25, 0.3) is 0 Å². The van der Waals surface area contributed by atoms with E-state index >= 15 is 0 Å². The summed E-state index contributed by atoms with van der Waals surface area (Å²) in [5.74, 6) is -0.532. The maximum Gasteiger partial charge on any atom is 0.325 e. The van der Waals surface area contributed by atoms with Gasteiger partial charge in [-0.3, -0.25) is 9.08 Å². The molecule has 0 spiro atoms. The Bertz CT molecular complexity index is 97.8. The van der Waals surface area contributed by atoms with Crippen LogP contribution in [0.4, 0.5) is 0 Å². The Hall–Kier alpha value is -0.320. The van der Waals surface area contributed by atoms with Crippen LogP contribution < -0.4 is 5.73 Å². The van der Waals surface area contributed by atoms with Crippen LogP contribution in [-0.4, -0.2) is 25.7 Å². The minimum atomic E-state index is -0.785. The molecule has 0 saturated carbocycles. The maximum absolute atomic E-state index is 10.4. The van der Waals surface area contributed by atoms with Gasteiger partial charge in [0.1, 0.15) is 6.04 Å². The van der Waals surface area contributed by atoms with Crippen molar-refractivity contribution in [3.63, 3.8) is 0 Å². The molecule has 2 N–H and O–H groups in total. The van der Waals surface area contributed by atoms with E-state index in [2.05, 4.69) is 9.03 Å². The van der Waals surface area contributed by atoms with Crippen molar-refractivity contribution >= 4 is 17.8 Å². The molecule has 9 heavy (non-hydrogen) atoms. The number of nitrogens with two attached hydrogens (primary N) is 1. The van der Waals surface area contributed by atoms with Crippen LogP contribution in [0.1, 0.15) is 0 Å². The van der Waals surface area contributed by atoms with Gasteiger partial charge in [-0.15, -0.1) is 0 Å². The van der Waals surface area contributed by atoms with E-state index in [-0.39, 0.29) is 6.61 Å². The number of carbonyl (C=O) groups is 1. The van der Waals surface area contributed by atoms with Crippen molar-refractivity contribution in [2.24, 2.45) is 5.73 Å². The fourth-order valence-corrected chi connectivity index (χ4v) is 0.423. The van der Waals surface area contributed by atoms with Gasteiger partial charge in [0.15, 0.2) is 0 Å². The molecule has 1 atom stereocenters. The van der Waals surface area contributed by atoms with Gasteiger partial charge in [-0.05, 0) is 0 Å². The van der Waals surface area contributed by atoms with E-state index in [1.807, 2.05) is 0 Å². The van der Waals surface area contributed by atoms with Crippen molar-refractivity contribution in [2.75, 3.05) is 13.7 Å². The number of hydrogen-bond donors (Lipinski definition) is 1. The Morgan fingerprint density at radius 2 is 2.44 bits per heavy atom. The summed E-state index contributed by atoms with van der Waals surface area (Å²) in [6.45, 7) is -0.0335. The Labute approximate surface area is 58.0 Å². The van der Waals surface area contributed by atoms with Crippen molar-refractivity contribution in [1.82, 2.24) is 0 Å². The number of halogens is 1. The van der Waals surface area contributed by atoms with E-state index in [1.165, 1.54) is 7.11 Å². The molecule has 54 valence electrons. The first-order chi connectivity index (χ1) is 4.22. The fraction of sp³-hybridized carbons (Fsp3) is 0.750. The minimum absolute atomic E-state index is 0.0335. The van der Waals surface area contributed by atoms with Gasteiger partial charge in [-0.1, -0.05) is 0 Å². The summed E-state index contributed by atoms with van der Waals surface area (Å²) in [4.78, 5) is 10.4. The zero-order valence-corrected chi connectivity index (χ0v) is 5.72. The number of esters is 1. The molecule has 0 rings (SSSR count). The summed E-state index contributed by atoms with van der Waals surface area (Å²) in [6.07, 6.45) is 0. The SMILES string of the molecule is COC(=O)[C@@H](N)COCl. The monoisotopic (exact) mass is 153 g/mol. The molecule has 0 bridgehead atoms. The summed E-state index contributed by atoms with van der Waals surface area (Å²) in [5.41, 5.74) is 5.15. The molecule has 0 aliphatic heterocycles. The third kappa shape index (κ3) is 3.29. The highest BCUT2D eigenvalue weighted by molar-refractivity contribution is 6.07. The molecule has 0 radical (unpaired) electrons. The van der Waals surface area contributed by atoms with Crippen molar-refractivity contribution < 1.29 is 13.8 Å². The van der Waals surface area contributed by atoms with Crippen molar-refractivity contribution in [3.8, 4) is 0 Å². The van der Waals surface area contributed by atoms with E-state index in [9.17, 15) is 4.79 Å². The summed E-state index contributed by atoms with van der Waals surface area (Å²) in [6, 6.07) is -0.785. The Morgan fingerprint density at radius 1 is 1.89 bits per heavy atom. The van der Waals surface area contributed by atoms with Crippen molar-refractivity contribution in [1.29, 1.82) is 0 Å². The van der Waals surface area contributed by atoms with E-state index < -0.39 is 12.0 Å².